The van der Waals surface area contributed by atoms with Crippen LogP contribution in [0.5, 0.6) is 5.75 Å². The van der Waals surface area contributed by atoms with Crippen LogP contribution in [0.15, 0.2) is 53.6 Å². The van der Waals surface area contributed by atoms with Crippen molar-refractivity contribution in [3.63, 3.8) is 0 Å². The Morgan fingerprint density at radius 3 is 2.62 bits per heavy atom. The number of carbonyl (C=O) groups is 1. The van der Waals surface area contributed by atoms with Gasteiger partial charge in [0.25, 0.3) is 5.91 Å². The molecule has 0 fully saturated rings. The third-order valence-corrected chi connectivity index (χ3v) is 5.68. The Hall–Kier alpha value is -3.94. The van der Waals surface area contributed by atoms with Gasteiger partial charge in [-0.1, -0.05) is 56.9 Å². The van der Waals surface area contributed by atoms with Crippen molar-refractivity contribution in [3.8, 4) is 5.75 Å². The Morgan fingerprint density at radius 2 is 1.85 bits per heavy atom. The van der Waals surface area contributed by atoms with Crippen molar-refractivity contribution < 1.29 is 9.53 Å². The number of carbonyl (C=O) groups excluding carboxylic acids is 1. The molecule has 34 heavy (non-hydrogen) atoms. The minimum atomic E-state index is -0.266. The van der Waals surface area contributed by atoms with Crippen molar-refractivity contribution >= 4 is 40.1 Å². The maximum Gasteiger partial charge on any atom is 0.257 e. The van der Waals surface area contributed by atoms with Crippen LogP contribution in [0.3, 0.4) is 0 Å². The Morgan fingerprint density at radius 1 is 1.09 bits per heavy atom. The van der Waals surface area contributed by atoms with Gasteiger partial charge in [0.05, 0.1) is 24.4 Å². The summed E-state index contributed by atoms with van der Waals surface area (Å²) in [5.74, 6) is 0.657. The molecule has 0 spiro atoms. The van der Waals surface area contributed by atoms with Crippen LogP contribution in [0.4, 0.5) is 5.82 Å². The second-order valence-electron chi connectivity index (χ2n) is 8.15. The van der Waals surface area contributed by atoms with E-state index in [0.717, 1.165) is 24.2 Å². The standard InChI is InChI=1S/C26H30N6O2/c1-3-4-5-6-9-15-28-26(33)22-23-25(31-21-14-8-7-13-20(21)30-23)32(24(22)27)29-17-18-11-10-12-19(16-18)34-2/h7-8,10-14,16-17H,3-6,9,15,27H2,1-2H3,(H,28,33)/b29-17-. The summed E-state index contributed by atoms with van der Waals surface area (Å²) in [4.78, 5) is 22.6. The first-order chi connectivity index (χ1) is 16.6. The fourth-order valence-electron chi connectivity index (χ4n) is 3.85. The number of benzene rings is 2. The number of methoxy groups -OCH3 is 1. The van der Waals surface area contributed by atoms with Crippen LogP contribution in [-0.4, -0.2) is 40.4 Å². The Labute approximate surface area is 198 Å². The number of amides is 1. The minimum absolute atomic E-state index is 0.202. The van der Waals surface area contributed by atoms with Gasteiger partial charge in [0.2, 0.25) is 0 Å². The fraction of sp³-hybridized carbons (Fsp3) is 0.308. The molecular formula is C26H30N6O2. The average Bonchev–Trinajstić information content (AvgIpc) is 3.13. The molecule has 3 N–H and O–H groups in total. The van der Waals surface area contributed by atoms with E-state index in [1.807, 2.05) is 48.5 Å². The van der Waals surface area contributed by atoms with Gasteiger partial charge in [-0.2, -0.15) is 9.78 Å². The van der Waals surface area contributed by atoms with Gasteiger partial charge < -0.3 is 15.8 Å². The molecule has 2 aromatic carbocycles. The van der Waals surface area contributed by atoms with Gasteiger partial charge in [-0.15, -0.1) is 0 Å². The number of hydrogen-bond donors (Lipinski definition) is 2. The first kappa shape index (κ1) is 23.2. The molecule has 0 aliphatic rings. The second kappa shape index (κ2) is 10.8. The molecule has 0 unspecified atom stereocenters. The van der Waals surface area contributed by atoms with Gasteiger partial charge in [0.1, 0.15) is 22.6 Å². The molecule has 2 heterocycles. The van der Waals surface area contributed by atoms with Crippen LogP contribution in [-0.2, 0) is 0 Å². The van der Waals surface area contributed by atoms with Gasteiger partial charge in [0, 0.05) is 6.54 Å². The van der Waals surface area contributed by atoms with E-state index < -0.39 is 0 Å². The predicted molar refractivity (Wildman–Crippen MR) is 137 cm³/mol. The lowest BCUT2D eigenvalue weighted by molar-refractivity contribution is 0.0955. The normalized spacial score (nSPS) is 11.5. The lowest BCUT2D eigenvalue weighted by atomic mass is 10.1. The van der Waals surface area contributed by atoms with Crippen LogP contribution >= 0.6 is 0 Å². The van der Waals surface area contributed by atoms with Crippen molar-refractivity contribution in [2.75, 3.05) is 19.4 Å². The molecule has 0 atom stereocenters. The van der Waals surface area contributed by atoms with E-state index in [-0.39, 0.29) is 11.7 Å². The van der Waals surface area contributed by atoms with Gasteiger partial charge in [-0.25, -0.2) is 9.97 Å². The zero-order valence-electron chi connectivity index (χ0n) is 19.6. The predicted octanol–water partition coefficient (Wildman–Crippen LogP) is 4.76. The number of fused-ring (bicyclic) bond motifs is 2. The SMILES string of the molecule is CCCCCCCNC(=O)c1c(N)n(/N=C\c2cccc(OC)c2)c2nc3ccccc3nc12. The summed E-state index contributed by atoms with van der Waals surface area (Å²) in [6.45, 7) is 2.77. The average molecular weight is 459 g/mol. The number of aromatic nitrogens is 3. The molecule has 4 rings (SSSR count). The minimum Gasteiger partial charge on any atom is -0.497 e. The number of nitrogens with two attached hydrogens (primary N) is 1. The quantitative estimate of drug-likeness (QED) is 0.263. The third-order valence-electron chi connectivity index (χ3n) is 5.68. The highest BCUT2D eigenvalue weighted by molar-refractivity contribution is 6.10. The Balaban J connectivity index is 1.70. The van der Waals surface area contributed by atoms with Crippen molar-refractivity contribution in [1.82, 2.24) is 20.0 Å². The third kappa shape index (κ3) is 5.01. The molecule has 0 aliphatic carbocycles. The van der Waals surface area contributed by atoms with Gasteiger partial charge in [-0.05, 0) is 36.2 Å². The van der Waals surface area contributed by atoms with Crippen molar-refractivity contribution in [1.29, 1.82) is 0 Å². The molecule has 0 aliphatic heterocycles. The number of hydrogen-bond acceptors (Lipinski definition) is 6. The number of nitrogen functional groups attached to an aromatic ring is 1. The second-order valence-corrected chi connectivity index (χ2v) is 8.15. The highest BCUT2D eigenvalue weighted by Crippen LogP contribution is 2.28. The number of rotatable bonds is 10. The summed E-state index contributed by atoms with van der Waals surface area (Å²) < 4.78 is 6.76. The zero-order chi connectivity index (χ0) is 23.9. The molecule has 176 valence electrons. The van der Waals surface area contributed by atoms with Crippen molar-refractivity contribution in [2.24, 2.45) is 5.10 Å². The summed E-state index contributed by atoms with van der Waals surface area (Å²) in [6.07, 6.45) is 7.23. The monoisotopic (exact) mass is 458 g/mol. The van der Waals surface area contributed by atoms with Crippen LogP contribution in [0.1, 0.15) is 54.9 Å². The Bertz CT molecular complexity index is 1330. The van der Waals surface area contributed by atoms with E-state index in [9.17, 15) is 4.79 Å². The first-order valence-corrected chi connectivity index (χ1v) is 11.7. The first-order valence-electron chi connectivity index (χ1n) is 11.7. The molecule has 4 aromatic rings. The molecule has 0 radical (unpaired) electrons. The molecular weight excluding hydrogens is 428 g/mol. The summed E-state index contributed by atoms with van der Waals surface area (Å²) >= 11 is 0. The van der Waals surface area contributed by atoms with E-state index in [0.29, 0.717) is 34.3 Å². The highest BCUT2D eigenvalue weighted by atomic mass is 16.5. The van der Waals surface area contributed by atoms with Crippen molar-refractivity contribution in [3.05, 3.63) is 59.7 Å². The highest BCUT2D eigenvalue weighted by Gasteiger charge is 2.23. The number of anilines is 1. The van der Waals surface area contributed by atoms with Crippen molar-refractivity contribution in [2.45, 2.75) is 39.0 Å². The van der Waals surface area contributed by atoms with E-state index in [1.54, 1.807) is 13.3 Å². The van der Waals surface area contributed by atoms with Crippen LogP contribution in [0.25, 0.3) is 22.2 Å². The lowest BCUT2D eigenvalue weighted by Crippen LogP contribution is -2.25. The van der Waals surface area contributed by atoms with Gasteiger partial charge >= 0.3 is 0 Å². The number of ether oxygens (including phenoxy) is 1. The topological polar surface area (TPSA) is 107 Å². The molecule has 0 saturated heterocycles. The fourth-order valence-corrected chi connectivity index (χ4v) is 3.85. The summed E-state index contributed by atoms with van der Waals surface area (Å²) in [5.41, 5.74) is 9.84. The molecule has 8 heteroatoms. The largest absolute Gasteiger partial charge is 0.497 e. The smallest absolute Gasteiger partial charge is 0.257 e. The summed E-state index contributed by atoms with van der Waals surface area (Å²) in [5, 5.41) is 7.54. The lowest BCUT2D eigenvalue weighted by Gasteiger charge is -2.05. The number of unbranched alkanes of at least 4 members (excludes halogenated alkanes) is 4. The van der Waals surface area contributed by atoms with E-state index in [1.165, 1.54) is 23.9 Å². The van der Waals surface area contributed by atoms with Crippen LogP contribution in [0, 0.1) is 0 Å². The maximum absolute atomic E-state index is 13.1. The zero-order valence-corrected chi connectivity index (χ0v) is 19.6. The number of para-hydroxylation sites is 2. The van der Waals surface area contributed by atoms with Crippen LogP contribution < -0.4 is 15.8 Å². The van der Waals surface area contributed by atoms with E-state index in [4.69, 9.17) is 20.4 Å². The Kier molecular flexibility index (Phi) is 7.37. The van der Waals surface area contributed by atoms with Gasteiger partial charge in [0.15, 0.2) is 5.65 Å². The molecule has 0 bridgehead atoms. The number of nitrogens with one attached hydrogen (secondary N) is 1. The maximum atomic E-state index is 13.1. The number of nitrogens with zero attached hydrogens (tertiary/aromatic N) is 4. The van der Waals surface area contributed by atoms with Crippen LogP contribution in [0.2, 0.25) is 0 Å². The van der Waals surface area contributed by atoms with E-state index >= 15 is 0 Å². The van der Waals surface area contributed by atoms with E-state index in [2.05, 4.69) is 17.3 Å². The summed E-state index contributed by atoms with van der Waals surface area (Å²) in [6, 6.07) is 15.0. The molecule has 0 saturated carbocycles. The van der Waals surface area contributed by atoms with Gasteiger partial charge in [-0.3, -0.25) is 4.79 Å². The molecule has 8 nitrogen and oxygen atoms in total. The molecule has 1 amide bonds. The molecule has 2 aromatic heterocycles. The summed E-state index contributed by atoms with van der Waals surface area (Å²) in [7, 11) is 1.61.